The van der Waals surface area contributed by atoms with Crippen LogP contribution in [-0.2, 0) is 19.5 Å². The Morgan fingerprint density at radius 1 is 1.27 bits per heavy atom. The highest BCUT2D eigenvalue weighted by molar-refractivity contribution is 6.68. The minimum Gasteiger partial charge on any atom is -0.497 e. The van der Waals surface area contributed by atoms with Crippen molar-refractivity contribution in [3.8, 4) is 22.6 Å². The van der Waals surface area contributed by atoms with Crippen molar-refractivity contribution in [2.75, 3.05) is 12.8 Å². The number of pyridine rings is 1. The predicted molar refractivity (Wildman–Crippen MR) is 155 cm³/mol. The number of hydrogen-bond acceptors (Lipinski definition) is 7. The van der Waals surface area contributed by atoms with Crippen LogP contribution in [0.4, 0.5) is 10.2 Å². The maximum absolute atomic E-state index is 14.4. The molecule has 0 aliphatic carbocycles. The largest absolute Gasteiger partial charge is 0.497 e. The molecule has 206 valence electrons. The summed E-state index contributed by atoms with van der Waals surface area (Å²) in [4.78, 5) is 4.43. The molecule has 1 aliphatic heterocycles. The van der Waals surface area contributed by atoms with Gasteiger partial charge in [-0.15, -0.1) is 0 Å². The molecule has 0 spiro atoms. The first-order chi connectivity index (χ1) is 19.3. The average Bonchev–Trinajstić information content (AvgIpc) is 3.28. The smallest absolute Gasteiger partial charge is 0.166 e. The number of rotatable bonds is 5. The van der Waals surface area contributed by atoms with Crippen molar-refractivity contribution >= 4 is 28.3 Å². The van der Waals surface area contributed by atoms with E-state index in [4.69, 9.17) is 37.3 Å². The van der Waals surface area contributed by atoms with Gasteiger partial charge in [-0.05, 0) is 61.4 Å². The zero-order valence-electron chi connectivity index (χ0n) is 22.5. The Labute approximate surface area is 237 Å². The quantitative estimate of drug-likeness (QED) is 0.255. The van der Waals surface area contributed by atoms with Crippen LogP contribution in [0.1, 0.15) is 48.0 Å². The number of aryl methyl sites for hydroxylation is 1. The summed E-state index contributed by atoms with van der Waals surface area (Å²) >= 11 is 6.04. The van der Waals surface area contributed by atoms with Gasteiger partial charge in [-0.3, -0.25) is 10.1 Å². The van der Waals surface area contributed by atoms with Crippen molar-refractivity contribution < 1.29 is 13.9 Å². The number of nitrogens with zero attached hydrogens (tertiary/aromatic N) is 3. The molecule has 0 saturated heterocycles. The predicted octanol–water partition coefficient (Wildman–Crippen LogP) is 6.09. The number of halogens is 2. The first kappa shape index (κ1) is 27.2. The lowest BCUT2D eigenvalue weighted by Gasteiger charge is -2.23. The lowest BCUT2D eigenvalue weighted by molar-refractivity contribution is 0.227. The highest BCUT2D eigenvalue weighted by atomic mass is 35.5. The van der Waals surface area contributed by atoms with Crippen LogP contribution in [0.5, 0.6) is 11.5 Å². The number of hydrogen-bond donors (Lipinski definition) is 3. The molecular formula is C30H30ClFN6O2. The maximum atomic E-state index is 14.4. The van der Waals surface area contributed by atoms with Gasteiger partial charge in [0.2, 0.25) is 0 Å². The Morgan fingerprint density at radius 2 is 2.05 bits per heavy atom. The number of fused-ring (bicyclic) bond motifs is 5. The molecule has 1 atom stereocenters. The lowest BCUT2D eigenvalue weighted by Crippen LogP contribution is -2.20. The molecular weight excluding hydrogens is 531 g/mol. The maximum Gasteiger partial charge on any atom is 0.166 e. The minimum atomic E-state index is -0.581. The second-order valence-electron chi connectivity index (χ2n) is 9.49. The van der Waals surface area contributed by atoms with Gasteiger partial charge in [-0.1, -0.05) is 30.7 Å². The van der Waals surface area contributed by atoms with Gasteiger partial charge in [-0.25, -0.2) is 9.37 Å². The van der Waals surface area contributed by atoms with E-state index in [-0.39, 0.29) is 11.0 Å². The van der Waals surface area contributed by atoms with Gasteiger partial charge >= 0.3 is 0 Å². The molecule has 3 heterocycles. The van der Waals surface area contributed by atoms with E-state index in [1.54, 1.807) is 19.4 Å². The Morgan fingerprint density at radius 3 is 2.75 bits per heavy atom. The second-order valence-corrected chi connectivity index (χ2v) is 9.89. The number of benzene rings is 2. The molecule has 0 saturated carbocycles. The minimum absolute atomic E-state index is 0.168. The number of allylic oxidation sites excluding steroid dienone is 1. The third-order valence-electron chi connectivity index (χ3n) is 6.89. The van der Waals surface area contributed by atoms with Gasteiger partial charge < -0.3 is 20.5 Å². The van der Waals surface area contributed by atoms with Gasteiger partial charge in [0, 0.05) is 34.1 Å². The molecule has 2 aromatic carbocycles. The van der Waals surface area contributed by atoms with E-state index in [0.29, 0.717) is 42.1 Å². The molecule has 2 aromatic heterocycles. The Hall–Kier alpha value is -4.37. The number of nitrogens with one attached hydrogen (secondary N) is 2. The Kier molecular flexibility index (Phi) is 7.75. The number of ether oxygens (including phenoxy) is 2. The normalized spacial score (nSPS) is 15.6. The standard InChI is InChI=1S/C30H30ClFN6O2/c1-4-24-29-19-11-27(30(34)36-14-19)40-17(2)23-12-20(32)7-10-22(23)25(13-28(31)33)35-15-26(29)38(37-24)16-18-5-8-21(39-3)9-6-18/h5-14,17,33,35H,4,15-16H2,1-3H3,(H2,34,36)/b25-13-,33-28?/t17-/m1/s1. The van der Waals surface area contributed by atoms with E-state index in [9.17, 15) is 4.39 Å². The number of methoxy groups -OCH3 is 1. The van der Waals surface area contributed by atoms with Crippen LogP contribution in [0.25, 0.3) is 16.8 Å². The third kappa shape index (κ3) is 5.51. The zero-order chi connectivity index (χ0) is 28.4. The fourth-order valence-corrected chi connectivity index (χ4v) is 5.04. The molecule has 40 heavy (non-hydrogen) atoms. The summed E-state index contributed by atoms with van der Waals surface area (Å²) in [5.41, 5.74) is 12.6. The molecule has 5 rings (SSSR count). The van der Waals surface area contributed by atoms with E-state index in [2.05, 4.69) is 17.2 Å². The number of aromatic nitrogens is 3. The molecule has 10 heteroatoms. The van der Waals surface area contributed by atoms with Gasteiger partial charge in [0.25, 0.3) is 0 Å². The Bertz CT molecular complexity index is 1600. The van der Waals surface area contributed by atoms with E-state index in [1.807, 2.05) is 41.9 Å². The number of nitrogen functional groups attached to an aromatic ring is 1. The molecule has 4 N–H and O–H groups in total. The average molecular weight is 561 g/mol. The summed E-state index contributed by atoms with van der Waals surface area (Å²) in [6, 6.07) is 14.2. The van der Waals surface area contributed by atoms with E-state index in [1.165, 1.54) is 18.2 Å². The van der Waals surface area contributed by atoms with Crippen molar-refractivity contribution in [3.05, 3.63) is 94.7 Å². The molecule has 0 unspecified atom stereocenters. The molecule has 4 aromatic rings. The molecule has 0 fully saturated rings. The van der Waals surface area contributed by atoms with Crippen molar-refractivity contribution in [2.45, 2.75) is 39.5 Å². The van der Waals surface area contributed by atoms with E-state index < -0.39 is 11.9 Å². The third-order valence-corrected chi connectivity index (χ3v) is 7.00. The Balaban J connectivity index is 1.71. The second kappa shape index (κ2) is 11.4. The van der Waals surface area contributed by atoms with Crippen LogP contribution in [0.2, 0.25) is 0 Å². The fourth-order valence-electron chi connectivity index (χ4n) is 4.93. The van der Waals surface area contributed by atoms with Crippen LogP contribution >= 0.6 is 11.6 Å². The van der Waals surface area contributed by atoms with Gasteiger partial charge in [0.15, 0.2) is 11.6 Å². The van der Waals surface area contributed by atoms with Gasteiger partial charge in [-0.2, -0.15) is 5.10 Å². The van der Waals surface area contributed by atoms with Gasteiger partial charge in [0.1, 0.15) is 22.8 Å². The van der Waals surface area contributed by atoms with Crippen LogP contribution < -0.4 is 20.5 Å². The summed E-state index contributed by atoms with van der Waals surface area (Å²) in [5.74, 6) is 0.986. The molecule has 0 amide bonds. The first-order valence-electron chi connectivity index (χ1n) is 12.9. The van der Waals surface area contributed by atoms with Crippen molar-refractivity contribution in [1.29, 1.82) is 5.41 Å². The van der Waals surface area contributed by atoms with Crippen LogP contribution in [0, 0.1) is 11.2 Å². The first-order valence-corrected chi connectivity index (χ1v) is 13.3. The molecule has 1 aliphatic rings. The summed E-state index contributed by atoms with van der Waals surface area (Å²) in [5, 5.41) is 16.2. The molecule has 8 nitrogen and oxygen atoms in total. The molecule has 0 radical (unpaired) electrons. The number of anilines is 1. The van der Waals surface area contributed by atoms with Crippen molar-refractivity contribution in [3.63, 3.8) is 0 Å². The number of nitrogens with two attached hydrogens (primary N) is 1. The topological polar surface area (TPSA) is 111 Å². The van der Waals surface area contributed by atoms with Crippen LogP contribution in [0.15, 0.2) is 60.8 Å². The van der Waals surface area contributed by atoms with Crippen LogP contribution in [0.3, 0.4) is 0 Å². The van der Waals surface area contributed by atoms with Crippen LogP contribution in [-0.4, -0.2) is 27.0 Å². The zero-order valence-corrected chi connectivity index (χ0v) is 23.2. The summed E-state index contributed by atoms with van der Waals surface area (Å²) in [6.45, 7) is 4.73. The molecule has 2 bridgehead atoms. The monoisotopic (exact) mass is 560 g/mol. The SMILES string of the molecule is CCc1nn(Cc2ccc(OC)cc2)c2c1-c1cnc(N)c(c1)O[C@H](C)c1cc(F)ccc1/C(=C/C(=N)Cl)NC2. The van der Waals surface area contributed by atoms with Gasteiger partial charge in [0.05, 0.1) is 31.6 Å². The lowest BCUT2D eigenvalue weighted by atomic mass is 9.98. The fraction of sp³-hybridized carbons (Fsp3) is 0.233. The highest BCUT2D eigenvalue weighted by Crippen LogP contribution is 2.37. The van der Waals surface area contributed by atoms with Crippen molar-refractivity contribution in [1.82, 2.24) is 20.1 Å². The summed E-state index contributed by atoms with van der Waals surface area (Å²) < 4.78 is 28.0. The summed E-state index contributed by atoms with van der Waals surface area (Å²) in [7, 11) is 1.64. The van der Waals surface area contributed by atoms with E-state index >= 15 is 0 Å². The van der Waals surface area contributed by atoms with Crippen molar-refractivity contribution in [2.24, 2.45) is 0 Å². The summed E-state index contributed by atoms with van der Waals surface area (Å²) in [6.07, 6.45) is 3.33. The van der Waals surface area contributed by atoms with E-state index in [0.717, 1.165) is 33.8 Å². The highest BCUT2D eigenvalue weighted by Gasteiger charge is 2.24.